The number of nitrogens with zero attached hydrogens (tertiary/aromatic N) is 2. The van der Waals surface area contributed by atoms with E-state index in [9.17, 15) is 13.2 Å². The van der Waals surface area contributed by atoms with E-state index >= 15 is 0 Å². The van der Waals surface area contributed by atoms with Crippen LogP contribution in [0.15, 0.2) is 71.9 Å². The summed E-state index contributed by atoms with van der Waals surface area (Å²) in [6, 6.07) is 15.8. The van der Waals surface area contributed by atoms with Crippen LogP contribution in [0.5, 0.6) is 0 Å². The Balaban J connectivity index is 1.77. The first-order chi connectivity index (χ1) is 12.0. The number of fused-ring (bicyclic) bond motifs is 1. The highest BCUT2D eigenvalue weighted by Gasteiger charge is 2.23. The first-order valence-corrected chi connectivity index (χ1v) is 9.06. The highest BCUT2D eigenvalue weighted by molar-refractivity contribution is 7.89. The summed E-state index contributed by atoms with van der Waals surface area (Å²) in [5.41, 5.74) is 0.518. The first kappa shape index (κ1) is 17.1. The lowest BCUT2D eigenvalue weighted by molar-refractivity contribution is -0.116. The molecule has 0 aliphatic heterocycles. The number of likely N-dealkylation sites (N-methyl/N-ethyl adjacent to an activating group) is 1. The maximum absolute atomic E-state index is 12.7. The molecule has 1 aromatic heterocycles. The molecule has 0 saturated heterocycles. The third kappa shape index (κ3) is 3.84. The largest absolute Gasteiger partial charge is 0.324 e. The van der Waals surface area contributed by atoms with Crippen molar-refractivity contribution in [3.8, 4) is 0 Å². The molecule has 25 heavy (non-hydrogen) atoms. The Labute approximate surface area is 146 Å². The molecule has 0 unspecified atom stereocenters. The molecule has 0 radical (unpaired) electrons. The number of rotatable bonds is 5. The van der Waals surface area contributed by atoms with Gasteiger partial charge in [0.1, 0.15) is 0 Å². The van der Waals surface area contributed by atoms with Crippen molar-refractivity contribution < 1.29 is 13.2 Å². The van der Waals surface area contributed by atoms with Crippen LogP contribution in [-0.4, -0.2) is 37.2 Å². The molecule has 1 N–H and O–H groups in total. The third-order valence-electron chi connectivity index (χ3n) is 3.74. The topological polar surface area (TPSA) is 79.4 Å². The Kier molecular flexibility index (Phi) is 4.78. The van der Waals surface area contributed by atoms with Gasteiger partial charge in [0.15, 0.2) is 0 Å². The summed E-state index contributed by atoms with van der Waals surface area (Å²) in [7, 11) is -2.38. The Morgan fingerprint density at radius 2 is 1.84 bits per heavy atom. The highest BCUT2D eigenvalue weighted by atomic mass is 32.2. The van der Waals surface area contributed by atoms with Crippen LogP contribution in [0.3, 0.4) is 0 Å². The number of hydrogen-bond acceptors (Lipinski definition) is 4. The van der Waals surface area contributed by atoms with Gasteiger partial charge in [0.25, 0.3) is 0 Å². The van der Waals surface area contributed by atoms with Crippen LogP contribution in [0.25, 0.3) is 10.8 Å². The standard InChI is InChI=1S/C18H17N3O3S/c1-21(13-18(22)20-16-7-4-10-19-12-16)25(23,24)17-9-8-14-5-2-3-6-15(14)11-17/h2-12H,13H2,1H3,(H,20,22). The molecular formula is C18H17N3O3S. The van der Waals surface area contributed by atoms with Gasteiger partial charge in [-0.2, -0.15) is 4.31 Å². The number of carbonyl (C=O) groups excluding carboxylic acids is 1. The lowest BCUT2D eigenvalue weighted by Gasteiger charge is -2.17. The van der Waals surface area contributed by atoms with Crippen molar-refractivity contribution in [1.82, 2.24) is 9.29 Å². The van der Waals surface area contributed by atoms with E-state index < -0.39 is 15.9 Å². The van der Waals surface area contributed by atoms with Crippen molar-refractivity contribution in [3.63, 3.8) is 0 Å². The predicted molar refractivity (Wildman–Crippen MR) is 96.6 cm³/mol. The van der Waals surface area contributed by atoms with Crippen molar-refractivity contribution >= 4 is 32.4 Å². The smallest absolute Gasteiger partial charge is 0.243 e. The summed E-state index contributed by atoms with van der Waals surface area (Å²) in [5.74, 6) is -0.431. The molecule has 1 amide bonds. The molecule has 7 heteroatoms. The van der Waals surface area contributed by atoms with Crippen molar-refractivity contribution in [3.05, 3.63) is 67.0 Å². The summed E-state index contributed by atoms with van der Waals surface area (Å²) < 4.78 is 26.4. The van der Waals surface area contributed by atoms with Gasteiger partial charge in [-0.05, 0) is 35.0 Å². The molecule has 2 aromatic carbocycles. The second-order valence-corrected chi connectivity index (χ2v) is 7.60. The number of amides is 1. The third-order valence-corrected chi connectivity index (χ3v) is 5.54. The van der Waals surface area contributed by atoms with Gasteiger partial charge >= 0.3 is 0 Å². The van der Waals surface area contributed by atoms with Gasteiger partial charge in [0.05, 0.1) is 23.3 Å². The molecule has 0 aliphatic carbocycles. The lowest BCUT2D eigenvalue weighted by Crippen LogP contribution is -2.35. The maximum atomic E-state index is 12.7. The molecule has 0 saturated carbocycles. The van der Waals surface area contributed by atoms with Crippen molar-refractivity contribution in [2.24, 2.45) is 0 Å². The van der Waals surface area contributed by atoms with Crippen molar-refractivity contribution in [1.29, 1.82) is 0 Å². The lowest BCUT2D eigenvalue weighted by atomic mass is 10.1. The van der Waals surface area contributed by atoms with E-state index in [4.69, 9.17) is 0 Å². The molecule has 0 bridgehead atoms. The fourth-order valence-corrected chi connectivity index (χ4v) is 3.60. The van der Waals surface area contributed by atoms with E-state index in [0.717, 1.165) is 15.1 Å². The van der Waals surface area contributed by atoms with E-state index in [2.05, 4.69) is 10.3 Å². The molecule has 1 heterocycles. The maximum Gasteiger partial charge on any atom is 0.243 e. The van der Waals surface area contributed by atoms with Crippen LogP contribution >= 0.6 is 0 Å². The summed E-state index contributed by atoms with van der Waals surface area (Å²) in [4.78, 5) is 16.1. The molecule has 3 aromatic rings. The molecule has 0 aliphatic rings. The quantitative estimate of drug-likeness (QED) is 0.763. The highest BCUT2D eigenvalue weighted by Crippen LogP contribution is 2.21. The van der Waals surface area contributed by atoms with Gasteiger partial charge < -0.3 is 5.32 Å². The second kappa shape index (κ2) is 7.00. The molecule has 6 nitrogen and oxygen atoms in total. The number of hydrogen-bond donors (Lipinski definition) is 1. The molecule has 0 atom stereocenters. The van der Waals surface area contributed by atoms with Crippen molar-refractivity contribution in [2.75, 3.05) is 18.9 Å². The normalized spacial score (nSPS) is 11.6. The van der Waals surface area contributed by atoms with Gasteiger partial charge in [-0.15, -0.1) is 0 Å². The van der Waals surface area contributed by atoms with Gasteiger partial charge in [0, 0.05) is 13.2 Å². The average Bonchev–Trinajstić information content (AvgIpc) is 2.62. The minimum Gasteiger partial charge on any atom is -0.324 e. The van der Waals surface area contributed by atoms with Crippen LogP contribution in [0.1, 0.15) is 0 Å². The Morgan fingerprint density at radius 3 is 2.56 bits per heavy atom. The van der Waals surface area contributed by atoms with E-state index in [0.29, 0.717) is 5.69 Å². The Hall–Kier alpha value is -2.77. The van der Waals surface area contributed by atoms with Crippen LogP contribution < -0.4 is 5.32 Å². The predicted octanol–water partition coefficient (Wildman–Crippen LogP) is 2.49. The SMILES string of the molecule is CN(CC(=O)Nc1cccnc1)S(=O)(=O)c1ccc2ccccc2c1. The number of aromatic nitrogens is 1. The second-order valence-electron chi connectivity index (χ2n) is 5.56. The first-order valence-electron chi connectivity index (χ1n) is 7.62. The minimum atomic E-state index is -3.76. The zero-order valence-electron chi connectivity index (χ0n) is 13.6. The summed E-state index contributed by atoms with van der Waals surface area (Å²) in [6.45, 7) is -0.288. The number of pyridine rings is 1. The van der Waals surface area contributed by atoms with E-state index in [1.54, 1.807) is 36.5 Å². The zero-order chi connectivity index (χ0) is 17.9. The summed E-state index contributed by atoms with van der Waals surface area (Å²) in [6.07, 6.45) is 3.09. The summed E-state index contributed by atoms with van der Waals surface area (Å²) in [5, 5.41) is 4.41. The van der Waals surface area contributed by atoms with Crippen LogP contribution in [0.4, 0.5) is 5.69 Å². The number of nitrogens with one attached hydrogen (secondary N) is 1. The van der Waals surface area contributed by atoms with Crippen molar-refractivity contribution in [2.45, 2.75) is 4.90 Å². The number of benzene rings is 2. The number of sulfonamides is 1. The average molecular weight is 355 g/mol. The van der Waals surface area contributed by atoms with Crippen LogP contribution in [0, 0.1) is 0 Å². The van der Waals surface area contributed by atoms with E-state index in [1.807, 2.05) is 24.3 Å². The summed E-state index contributed by atoms with van der Waals surface area (Å²) >= 11 is 0. The Morgan fingerprint density at radius 1 is 1.08 bits per heavy atom. The van der Waals surface area contributed by atoms with Gasteiger partial charge in [-0.3, -0.25) is 9.78 Å². The van der Waals surface area contributed by atoms with E-state index in [1.165, 1.54) is 13.2 Å². The number of carbonyl (C=O) groups is 1. The molecule has 128 valence electrons. The molecular weight excluding hydrogens is 338 g/mol. The Bertz CT molecular complexity index is 1000. The van der Waals surface area contributed by atoms with Crippen LogP contribution in [-0.2, 0) is 14.8 Å². The molecule has 3 rings (SSSR count). The van der Waals surface area contributed by atoms with Gasteiger partial charge in [0.2, 0.25) is 15.9 Å². The fourth-order valence-electron chi connectivity index (χ4n) is 2.43. The molecule has 0 spiro atoms. The minimum absolute atomic E-state index is 0.155. The van der Waals surface area contributed by atoms with Gasteiger partial charge in [-0.25, -0.2) is 8.42 Å². The molecule has 0 fully saturated rings. The van der Waals surface area contributed by atoms with E-state index in [-0.39, 0.29) is 11.4 Å². The monoisotopic (exact) mass is 355 g/mol. The number of anilines is 1. The zero-order valence-corrected chi connectivity index (χ0v) is 14.4. The van der Waals surface area contributed by atoms with Crippen LogP contribution in [0.2, 0.25) is 0 Å². The fraction of sp³-hybridized carbons (Fsp3) is 0.111. The van der Waals surface area contributed by atoms with Gasteiger partial charge in [-0.1, -0.05) is 30.3 Å².